The van der Waals surface area contributed by atoms with E-state index in [4.69, 9.17) is 9.47 Å². The van der Waals surface area contributed by atoms with Crippen LogP contribution in [0.15, 0.2) is 24.3 Å². The van der Waals surface area contributed by atoms with Crippen LogP contribution in [0.3, 0.4) is 0 Å². The molecule has 0 aromatic heterocycles. The van der Waals surface area contributed by atoms with Crippen molar-refractivity contribution < 1.29 is 9.47 Å². The van der Waals surface area contributed by atoms with Gasteiger partial charge < -0.3 is 14.8 Å². The second-order valence-electron chi connectivity index (χ2n) is 7.14. The van der Waals surface area contributed by atoms with Crippen molar-refractivity contribution in [2.45, 2.75) is 65.3 Å². The maximum atomic E-state index is 5.82. The minimum Gasteiger partial charge on any atom is -0.379 e. The van der Waals surface area contributed by atoms with Crippen molar-refractivity contribution in [2.24, 2.45) is 0 Å². The maximum absolute atomic E-state index is 5.82. The van der Waals surface area contributed by atoms with E-state index in [1.54, 1.807) is 7.11 Å². The van der Waals surface area contributed by atoms with Gasteiger partial charge in [-0.2, -0.15) is 0 Å². The molecule has 21 heavy (non-hydrogen) atoms. The third-order valence-electron chi connectivity index (χ3n) is 3.59. The Morgan fingerprint density at radius 3 is 2.19 bits per heavy atom. The fourth-order valence-corrected chi connectivity index (χ4v) is 1.83. The molecule has 0 aliphatic rings. The molecule has 3 heteroatoms. The van der Waals surface area contributed by atoms with E-state index >= 15 is 0 Å². The molecule has 120 valence electrons. The molecule has 0 unspecified atom stereocenters. The van der Waals surface area contributed by atoms with Gasteiger partial charge in [-0.05, 0) is 52.2 Å². The van der Waals surface area contributed by atoms with Gasteiger partial charge in [0, 0.05) is 25.8 Å². The SMILES string of the molecule is COC(C)(C)CCOCc1ccccc1CNC(C)(C)C. The molecule has 0 amide bonds. The Labute approximate surface area is 130 Å². The smallest absolute Gasteiger partial charge is 0.0720 e. The van der Waals surface area contributed by atoms with E-state index < -0.39 is 0 Å². The van der Waals surface area contributed by atoms with Crippen molar-refractivity contribution in [3.63, 3.8) is 0 Å². The van der Waals surface area contributed by atoms with Gasteiger partial charge in [-0.25, -0.2) is 0 Å². The van der Waals surface area contributed by atoms with Crippen LogP contribution in [-0.2, 0) is 22.6 Å². The van der Waals surface area contributed by atoms with E-state index in [2.05, 4.69) is 64.2 Å². The zero-order chi connectivity index (χ0) is 15.9. The van der Waals surface area contributed by atoms with Crippen molar-refractivity contribution in [1.29, 1.82) is 0 Å². The third-order valence-corrected chi connectivity index (χ3v) is 3.59. The summed E-state index contributed by atoms with van der Waals surface area (Å²) in [5.41, 5.74) is 2.56. The van der Waals surface area contributed by atoms with Crippen LogP contribution < -0.4 is 5.32 Å². The van der Waals surface area contributed by atoms with Crippen LogP contribution in [0.1, 0.15) is 52.2 Å². The summed E-state index contributed by atoms with van der Waals surface area (Å²) >= 11 is 0. The van der Waals surface area contributed by atoms with Crippen molar-refractivity contribution in [1.82, 2.24) is 5.32 Å². The fraction of sp³-hybridized carbons (Fsp3) is 0.667. The number of hydrogen-bond donors (Lipinski definition) is 1. The zero-order valence-electron chi connectivity index (χ0n) is 14.5. The van der Waals surface area contributed by atoms with E-state index in [0.29, 0.717) is 13.2 Å². The number of benzene rings is 1. The number of hydrogen-bond acceptors (Lipinski definition) is 3. The minimum absolute atomic E-state index is 0.118. The molecule has 1 rings (SSSR count). The summed E-state index contributed by atoms with van der Waals surface area (Å²) in [5, 5.41) is 3.53. The second-order valence-corrected chi connectivity index (χ2v) is 7.14. The molecule has 0 fully saturated rings. The molecule has 0 saturated heterocycles. The highest BCUT2D eigenvalue weighted by Crippen LogP contribution is 2.15. The Hall–Kier alpha value is -0.900. The number of rotatable bonds is 8. The Morgan fingerprint density at radius 1 is 1.00 bits per heavy atom. The van der Waals surface area contributed by atoms with Crippen LogP contribution in [-0.4, -0.2) is 24.9 Å². The molecule has 1 N–H and O–H groups in total. The molecule has 0 spiro atoms. The lowest BCUT2D eigenvalue weighted by Crippen LogP contribution is -2.35. The Kier molecular flexibility index (Phi) is 6.85. The van der Waals surface area contributed by atoms with Crippen LogP contribution in [0.4, 0.5) is 0 Å². The van der Waals surface area contributed by atoms with Gasteiger partial charge in [0.05, 0.1) is 12.2 Å². The quantitative estimate of drug-likeness (QED) is 0.737. The van der Waals surface area contributed by atoms with Gasteiger partial charge in [-0.1, -0.05) is 24.3 Å². The number of ether oxygens (including phenoxy) is 2. The molecule has 0 saturated carbocycles. The molecule has 0 bridgehead atoms. The van der Waals surface area contributed by atoms with Crippen molar-refractivity contribution in [2.75, 3.05) is 13.7 Å². The molecular formula is C18H31NO2. The van der Waals surface area contributed by atoms with Gasteiger partial charge in [-0.3, -0.25) is 0 Å². The summed E-state index contributed by atoms with van der Waals surface area (Å²) in [5.74, 6) is 0. The Balaban J connectivity index is 2.48. The lowest BCUT2D eigenvalue weighted by molar-refractivity contribution is -0.0125. The molecular weight excluding hydrogens is 262 g/mol. The van der Waals surface area contributed by atoms with Crippen LogP contribution in [0, 0.1) is 0 Å². The number of methoxy groups -OCH3 is 1. The van der Waals surface area contributed by atoms with Crippen molar-refractivity contribution in [3.8, 4) is 0 Å². The largest absolute Gasteiger partial charge is 0.379 e. The highest BCUT2D eigenvalue weighted by Gasteiger charge is 2.16. The molecule has 1 aromatic rings. The highest BCUT2D eigenvalue weighted by atomic mass is 16.5. The summed E-state index contributed by atoms with van der Waals surface area (Å²) in [6.07, 6.45) is 0.895. The first kappa shape index (κ1) is 18.1. The predicted molar refractivity (Wildman–Crippen MR) is 88.4 cm³/mol. The van der Waals surface area contributed by atoms with Crippen LogP contribution >= 0.6 is 0 Å². The van der Waals surface area contributed by atoms with Crippen LogP contribution in [0.25, 0.3) is 0 Å². The van der Waals surface area contributed by atoms with Gasteiger partial charge in [0.15, 0.2) is 0 Å². The summed E-state index contributed by atoms with van der Waals surface area (Å²) in [6, 6.07) is 8.45. The average molecular weight is 293 g/mol. The van der Waals surface area contributed by atoms with E-state index in [1.807, 2.05) is 0 Å². The van der Waals surface area contributed by atoms with E-state index in [1.165, 1.54) is 11.1 Å². The third kappa shape index (κ3) is 7.60. The van der Waals surface area contributed by atoms with Crippen molar-refractivity contribution in [3.05, 3.63) is 35.4 Å². The second kappa shape index (κ2) is 7.92. The van der Waals surface area contributed by atoms with Crippen LogP contribution in [0.2, 0.25) is 0 Å². The number of nitrogens with one attached hydrogen (secondary N) is 1. The topological polar surface area (TPSA) is 30.5 Å². The molecule has 0 aliphatic carbocycles. The Morgan fingerprint density at radius 2 is 1.62 bits per heavy atom. The summed E-state index contributed by atoms with van der Waals surface area (Å²) in [6.45, 7) is 12.9. The Bertz CT molecular complexity index is 421. The van der Waals surface area contributed by atoms with E-state index in [0.717, 1.165) is 13.0 Å². The van der Waals surface area contributed by atoms with Gasteiger partial charge >= 0.3 is 0 Å². The predicted octanol–water partition coefficient (Wildman–Crippen LogP) is 3.91. The molecule has 0 heterocycles. The zero-order valence-corrected chi connectivity index (χ0v) is 14.5. The van der Waals surface area contributed by atoms with Crippen LogP contribution in [0.5, 0.6) is 0 Å². The van der Waals surface area contributed by atoms with Gasteiger partial charge in [0.2, 0.25) is 0 Å². The molecule has 3 nitrogen and oxygen atoms in total. The molecule has 0 radical (unpaired) electrons. The first-order valence-electron chi connectivity index (χ1n) is 7.68. The lowest BCUT2D eigenvalue weighted by atomic mass is 10.0. The summed E-state index contributed by atoms with van der Waals surface area (Å²) in [7, 11) is 1.74. The monoisotopic (exact) mass is 293 g/mol. The standard InChI is InChI=1S/C18H31NO2/c1-17(2,3)19-13-15-9-7-8-10-16(15)14-21-12-11-18(4,5)20-6/h7-10,19H,11-14H2,1-6H3. The first-order valence-corrected chi connectivity index (χ1v) is 7.68. The van der Waals surface area contributed by atoms with Gasteiger partial charge in [0.25, 0.3) is 0 Å². The maximum Gasteiger partial charge on any atom is 0.0720 e. The molecule has 1 aromatic carbocycles. The fourth-order valence-electron chi connectivity index (χ4n) is 1.83. The minimum atomic E-state index is -0.118. The van der Waals surface area contributed by atoms with E-state index in [-0.39, 0.29) is 11.1 Å². The van der Waals surface area contributed by atoms with Crippen molar-refractivity contribution >= 4 is 0 Å². The highest BCUT2D eigenvalue weighted by molar-refractivity contribution is 5.26. The van der Waals surface area contributed by atoms with Gasteiger partial charge in [0.1, 0.15) is 0 Å². The van der Waals surface area contributed by atoms with E-state index in [9.17, 15) is 0 Å². The lowest BCUT2D eigenvalue weighted by Gasteiger charge is -2.23. The summed E-state index contributed by atoms with van der Waals surface area (Å²) in [4.78, 5) is 0. The molecule has 0 atom stereocenters. The average Bonchev–Trinajstić information content (AvgIpc) is 2.41. The normalized spacial score (nSPS) is 12.7. The molecule has 0 aliphatic heterocycles. The summed E-state index contributed by atoms with van der Waals surface area (Å²) < 4.78 is 11.2. The first-order chi connectivity index (χ1) is 9.73. The van der Waals surface area contributed by atoms with Gasteiger partial charge in [-0.15, -0.1) is 0 Å².